The minimum Gasteiger partial charge on any atom is -0.377 e. The molecular formula is C23H28N2O2S2. The zero-order valence-electron chi connectivity index (χ0n) is 17.0. The number of fused-ring (bicyclic) bond motifs is 3. The summed E-state index contributed by atoms with van der Waals surface area (Å²) in [5.41, 5.74) is 3.53. The van der Waals surface area contributed by atoms with E-state index < -0.39 is 10.0 Å². The molecule has 1 aliphatic carbocycles. The molecule has 0 bridgehead atoms. The van der Waals surface area contributed by atoms with Crippen molar-refractivity contribution in [3.63, 3.8) is 0 Å². The number of allylic oxidation sites excluding steroid dienone is 2. The fourth-order valence-corrected chi connectivity index (χ4v) is 7.63. The van der Waals surface area contributed by atoms with Gasteiger partial charge in [0.1, 0.15) is 0 Å². The predicted molar refractivity (Wildman–Crippen MR) is 119 cm³/mol. The van der Waals surface area contributed by atoms with Gasteiger partial charge in [-0.15, -0.1) is 11.3 Å². The third-order valence-corrected chi connectivity index (χ3v) is 9.90. The highest BCUT2D eigenvalue weighted by Gasteiger charge is 2.40. The lowest BCUT2D eigenvalue weighted by Crippen LogP contribution is -2.38. The molecule has 1 aromatic heterocycles. The van der Waals surface area contributed by atoms with Gasteiger partial charge in [0.15, 0.2) is 0 Å². The van der Waals surface area contributed by atoms with Gasteiger partial charge in [-0.25, -0.2) is 8.42 Å². The highest BCUT2D eigenvalue weighted by atomic mass is 32.2. The van der Waals surface area contributed by atoms with Crippen LogP contribution in [-0.2, 0) is 10.0 Å². The number of nitrogens with one attached hydrogen (secondary N) is 1. The van der Waals surface area contributed by atoms with E-state index in [0.717, 1.165) is 30.5 Å². The summed E-state index contributed by atoms with van der Waals surface area (Å²) in [5.74, 6) is 1.32. The maximum Gasteiger partial charge on any atom is 0.243 e. The van der Waals surface area contributed by atoms with E-state index in [2.05, 4.69) is 42.8 Å². The van der Waals surface area contributed by atoms with Crippen LogP contribution in [0, 0.1) is 18.8 Å². The summed E-state index contributed by atoms with van der Waals surface area (Å²) < 4.78 is 28.2. The van der Waals surface area contributed by atoms with Crippen molar-refractivity contribution in [1.29, 1.82) is 0 Å². The number of anilines is 1. The molecule has 3 unspecified atom stereocenters. The second-order valence-electron chi connectivity index (χ2n) is 8.78. The van der Waals surface area contributed by atoms with Gasteiger partial charge in [-0.3, -0.25) is 0 Å². The first-order valence-electron chi connectivity index (χ1n) is 10.6. The fraction of sp³-hybridized carbons (Fsp3) is 0.478. The van der Waals surface area contributed by atoms with Crippen LogP contribution >= 0.6 is 11.3 Å². The SMILES string of the molecule is Cc1ccsc1C1Nc2ccc(S(=O)(=O)N3CCC(C)CC3)cc2C2C=CCC21. The van der Waals surface area contributed by atoms with Gasteiger partial charge in [0.2, 0.25) is 10.0 Å². The van der Waals surface area contributed by atoms with Gasteiger partial charge < -0.3 is 5.32 Å². The molecular weight excluding hydrogens is 400 g/mol. The van der Waals surface area contributed by atoms with Crippen molar-refractivity contribution >= 4 is 27.0 Å². The Labute approximate surface area is 177 Å². The van der Waals surface area contributed by atoms with E-state index in [0.29, 0.717) is 29.8 Å². The zero-order chi connectivity index (χ0) is 20.2. The Morgan fingerprint density at radius 1 is 1.17 bits per heavy atom. The highest BCUT2D eigenvalue weighted by molar-refractivity contribution is 7.89. The Morgan fingerprint density at radius 2 is 1.97 bits per heavy atom. The van der Waals surface area contributed by atoms with Gasteiger partial charge in [0.05, 0.1) is 10.9 Å². The number of hydrogen-bond acceptors (Lipinski definition) is 4. The normalized spacial score (nSPS) is 27.4. The third-order valence-electron chi connectivity index (χ3n) is 6.90. The van der Waals surface area contributed by atoms with Crippen LogP contribution in [0.15, 0.2) is 46.7 Å². The van der Waals surface area contributed by atoms with E-state index >= 15 is 0 Å². The molecule has 1 N–H and O–H groups in total. The van der Waals surface area contributed by atoms with Crippen LogP contribution in [0.1, 0.15) is 54.1 Å². The summed E-state index contributed by atoms with van der Waals surface area (Å²) in [7, 11) is -3.43. The highest BCUT2D eigenvalue weighted by Crippen LogP contribution is 2.51. The number of rotatable bonds is 3. The first kappa shape index (κ1) is 19.3. The van der Waals surface area contributed by atoms with Crippen molar-refractivity contribution < 1.29 is 8.42 Å². The van der Waals surface area contributed by atoms with E-state index in [1.165, 1.54) is 10.4 Å². The van der Waals surface area contributed by atoms with Gasteiger partial charge in [0, 0.05) is 29.6 Å². The molecule has 4 nitrogen and oxygen atoms in total. The summed E-state index contributed by atoms with van der Waals surface area (Å²) in [5, 5.41) is 5.90. The number of hydrogen-bond donors (Lipinski definition) is 1. The van der Waals surface area contributed by atoms with Crippen molar-refractivity contribution in [2.24, 2.45) is 11.8 Å². The van der Waals surface area contributed by atoms with Gasteiger partial charge >= 0.3 is 0 Å². The quantitative estimate of drug-likeness (QED) is 0.675. The Morgan fingerprint density at radius 3 is 2.69 bits per heavy atom. The largest absolute Gasteiger partial charge is 0.377 e. The van der Waals surface area contributed by atoms with Crippen LogP contribution in [0.2, 0.25) is 0 Å². The monoisotopic (exact) mass is 428 g/mol. The molecule has 0 spiro atoms. The van der Waals surface area contributed by atoms with Crippen LogP contribution in [0.3, 0.4) is 0 Å². The number of aryl methyl sites for hydroxylation is 1. The average molecular weight is 429 g/mol. The van der Waals surface area contributed by atoms with Crippen molar-refractivity contribution in [3.8, 4) is 0 Å². The number of nitrogens with zero attached hydrogens (tertiary/aromatic N) is 1. The summed E-state index contributed by atoms with van der Waals surface area (Å²) in [6, 6.07) is 8.17. The van der Waals surface area contributed by atoms with E-state index in [1.54, 1.807) is 10.4 Å². The van der Waals surface area contributed by atoms with Crippen LogP contribution in [0.25, 0.3) is 0 Å². The van der Waals surface area contributed by atoms with Crippen LogP contribution in [0.5, 0.6) is 0 Å². The topological polar surface area (TPSA) is 49.4 Å². The van der Waals surface area contributed by atoms with Crippen LogP contribution < -0.4 is 5.32 Å². The molecule has 0 radical (unpaired) electrons. The standard InChI is InChI=1S/C23H28N2O2S2/c1-15-8-11-25(12-9-15)29(26,27)17-6-7-21-20(14-17)18-4-3-5-19(18)22(24-21)23-16(2)10-13-28-23/h3-4,6-7,10,13-15,18-19,22,24H,5,8-9,11-12H2,1-2H3. The molecule has 3 heterocycles. The first-order valence-corrected chi connectivity index (χ1v) is 12.9. The minimum absolute atomic E-state index is 0.272. The zero-order valence-corrected chi connectivity index (χ0v) is 18.6. The molecule has 5 rings (SSSR count). The predicted octanol–water partition coefficient (Wildman–Crippen LogP) is 5.30. The van der Waals surface area contributed by atoms with Crippen molar-refractivity contribution in [2.75, 3.05) is 18.4 Å². The number of benzene rings is 1. The van der Waals surface area contributed by atoms with E-state index in [4.69, 9.17) is 0 Å². The summed E-state index contributed by atoms with van der Waals surface area (Å²) >= 11 is 1.81. The van der Waals surface area contributed by atoms with Crippen molar-refractivity contribution in [1.82, 2.24) is 4.31 Å². The van der Waals surface area contributed by atoms with Crippen molar-refractivity contribution in [2.45, 2.75) is 50.0 Å². The maximum absolute atomic E-state index is 13.3. The molecule has 2 aromatic rings. The first-order chi connectivity index (χ1) is 13.9. The lowest BCUT2D eigenvalue weighted by Gasteiger charge is -2.37. The molecule has 2 aliphatic heterocycles. The molecule has 1 saturated heterocycles. The fourth-order valence-electron chi connectivity index (χ4n) is 5.07. The summed E-state index contributed by atoms with van der Waals surface area (Å²) in [4.78, 5) is 1.84. The molecule has 154 valence electrons. The number of piperidine rings is 1. The summed E-state index contributed by atoms with van der Waals surface area (Å²) in [6.45, 7) is 5.64. The molecule has 1 fully saturated rings. The Balaban J connectivity index is 1.50. The number of thiophene rings is 1. The van der Waals surface area contributed by atoms with Crippen LogP contribution in [0.4, 0.5) is 5.69 Å². The lowest BCUT2D eigenvalue weighted by atomic mass is 9.78. The van der Waals surface area contributed by atoms with Gasteiger partial charge in [-0.1, -0.05) is 19.1 Å². The molecule has 1 aromatic carbocycles. The Hall–Kier alpha value is -1.63. The molecule has 3 atom stereocenters. The number of sulfonamides is 1. The Kier molecular flexibility index (Phi) is 4.84. The molecule has 29 heavy (non-hydrogen) atoms. The maximum atomic E-state index is 13.3. The molecule has 0 saturated carbocycles. The Bertz CT molecular complexity index is 1050. The van der Waals surface area contributed by atoms with E-state index in [-0.39, 0.29) is 12.0 Å². The van der Waals surface area contributed by atoms with E-state index in [9.17, 15) is 8.42 Å². The second-order valence-corrected chi connectivity index (χ2v) is 11.7. The molecule has 0 amide bonds. The average Bonchev–Trinajstić information content (AvgIpc) is 3.36. The van der Waals surface area contributed by atoms with E-state index in [1.807, 2.05) is 23.5 Å². The summed E-state index contributed by atoms with van der Waals surface area (Å²) in [6.07, 6.45) is 7.45. The second kappa shape index (κ2) is 7.25. The third kappa shape index (κ3) is 3.25. The van der Waals surface area contributed by atoms with Crippen molar-refractivity contribution in [3.05, 3.63) is 57.8 Å². The van der Waals surface area contributed by atoms with Gasteiger partial charge in [0.25, 0.3) is 0 Å². The molecule has 6 heteroatoms. The van der Waals surface area contributed by atoms with Gasteiger partial charge in [-0.2, -0.15) is 4.31 Å². The smallest absolute Gasteiger partial charge is 0.243 e. The van der Waals surface area contributed by atoms with Crippen LogP contribution in [-0.4, -0.2) is 25.8 Å². The van der Waals surface area contributed by atoms with Gasteiger partial charge in [-0.05, 0) is 78.8 Å². The molecule has 3 aliphatic rings. The minimum atomic E-state index is -3.43. The lowest BCUT2D eigenvalue weighted by molar-refractivity contribution is 0.288.